The lowest BCUT2D eigenvalue weighted by Gasteiger charge is -2.13. The van der Waals surface area contributed by atoms with E-state index in [0.717, 1.165) is 23.3 Å². The Labute approximate surface area is 131 Å². The van der Waals surface area contributed by atoms with Gasteiger partial charge in [-0.05, 0) is 42.7 Å². The number of hydrogen-bond donors (Lipinski definition) is 0. The molecule has 116 valence electrons. The number of hydrogen-bond acceptors (Lipinski definition) is 3. The van der Waals surface area contributed by atoms with Crippen LogP contribution in [-0.2, 0) is 17.8 Å². The van der Waals surface area contributed by atoms with Crippen molar-refractivity contribution in [3.8, 4) is 11.5 Å². The van der Waals surface area contributed by atoms with Gasteiger partial charge in [0.05, 0.1) is 0 Å². The quantitative estimate of drug-likeness (QED) is 0.584. The molecule has 0 amide bonds. The summed E-state index contributed by atoms with van der Waals surface area (Å²) < 4.78 is 11.2. The van der Waals surface area contributed by atoms with Gasteiger partial charge in [0.15, 0.2) is 0 Å². The monoisotopic (exact) mass is 298 g/mol. The van der Waals surface area contributed by atoms with Crippen molar-refractivity contribution in [2.75, 3.05) is 0 Å². The van der Waals surface area contributed by atoms with Crippen LogP contribution in [0, 0.1) is 6.92 Å². The average Bonchev–Trinajstić information content (AvgIpc) is 2.54. The van der Waals surface area contributed by atoms with E-state index in [-0.39, 0.29) is 5.97 Å². The Morgan fingerprint density at radius 1 is 1.05 bits per heavy atom. The van der Waals surface area contributed by atoms with Gasteiger partial charge in [-0.15, -0.1) is 0 Å². The van der Waals surface area contributed by atoms with Crippen molar-refractivity contribution in [3.63, 3.8) is 0 Å². The molecule has 2 rings (SSSR count). The van der Waals surface area contributed by atoms with Crippen molar-refractivity contribution < 1.29 is 14.3 Å². The molecule has 0 saturated carbocycles. The van der Waals surface area contributed by atoms with Gasteiger partial charge in [0, 0.05) is 12.0 Å². The average molecular weight is 298 g/mol. The number of benzene rings is 2. The van der Waals surface area contributed by atoms with Crippen LogP contribution in [0.15, 0.2) is 42.5 Å². The molecule has 0 aliphatic heterocycles. The van der Waals surface area contributed by atoms with E-state index in [1.54, 1.807) is 13.0 Å². The van der Waals surface area contributed by atoms with E-state index in [0.29, 0.717) is 18.8 Å². The highest BCUT2D eigenvalue weighted by Gasteiger charge is 2.11. The second-order valence-corrected chi connectivity index (χ2v) is 5.17. The van der Waals surface area contributed by atoms with E-state index in [2.05, 4.69) is 19.1 Å². The molecule has 0 bridgehead atoms. The van der Waals surface area contributed by atoms with E-state index in [9.17, 15) is 4.79 Å². The summed E-state index contributed by atoms with van der Waals surface area (Å²) in [5.41, 5.74) is 3.23. The SMILES string of the molecule is CCC(=O)Oc1cccc(C)c1COc1ccc(CC)cc1. The van der Waals surface area contributed by atoms with Crippen molar-refractivity contribution in [3.05, 3.63) is 59.2 Å². The van der Waals surface area contributed by atoms with Gasteiger partial charge in [0.25, 0.3) is 0 Å². The fraction of sp³-hybridized carbons (Fsp3) is 0.316. The van der Waals surface area contributed by atoms with E-state index in [4.69, 9.17) is 9.47 Å². The first-order chi connectivity index (χ1) is 10.6. The summed E-state index contributed by atoms with van der Waals surface area (Å²) in [5, 5.41) is 0. The molecule has 3 nitrogen and oxygen atoms in total. The minimum Gasteiger partial charge on any atom is -0.489 e. The first-order valence-corrected chi connectivity index (χ1v) is 7.65. The van der Waals surface area contributed by atoms with Gasteiger partial charge in [0.2, 0.25) is 0 Å². The zero-order chi connectivity index (χ0) is 15.9. The molecular weight excluding hydrogens is 276 g/mol. The zero-order valence-electron chi connectivity index (χ0n) is 13.4. The maximum atomic E-state index is 11.5. The van der Waals surface area contributed by atoms with Crippen LogP contribution in [0.25, 0.3) is 0 Å². The zero-order valence-corrected chi connectivity index (χ0v) is 13.4. The Kier molecular flexibility index (Phi) is 5.59. The predicted molar refractivity (Wildman–Crippen MR) is 87.3 cm³/mol. The normalized spacial score (nSPS) is 10.3. The van der Waals surface area contributed by atoms with Crippen molar-refractivity contribution in [2.45, 2.75) is 40.2 Å². The highest BCUT2D eigenvalue weighted by Crippen LogP contribution is 2.24. The van der Waals surface area contributed by atoms with Crippen LogP contribution < -0.4 is 9.47 Å². The third kappa shape index (κ3) is 4.10. The van der Waals surface area contributed by atoms with Gasteiger partial charge in [-0.25, -0.2) is 0 Å². The van der Waals surface area contributed by atoms with Crippen molar-refractivity contribution in [2.24, 2.45) is 0 Å². The first kappa shape index (κ1) is 16.1. The highest BCUT2D eigenvalue weighted by atomic mass is 16.5. The lowest BCUT2D eigenvalue weighted by molar-refractivity contribution is -0.134. The molecular formula is C19H22O3. The molecule has 0 aromatic heterocycles. The molecule has 2 aromatic rings. The summed E-state index contributed by atoms with van der Waals surface area (Å²) in [6.45, 7) is 6.27. The summed E-state index contributed by atoms with van der Waals surface area (Å²) in [6, 6.07) is 13.7. The number of carbonyl (C=O) groups excluding carboxylic acids is 1. The minimum atomic E-state index is -0.237. The molecule has 0 heterocycles. The van der Waals surface area contributed by atoms with Gasteiger partial charge >= 0.3 is 5.97 Å². The van der Waals surface area contributed by atoms with Crippen LogP contribution in [-0.4, -0.2) is 5.97 Å². The van der Waals surface area contributed by atoms with E-state index >= 15 is 0 Å². The van der Waals surface area contributed by atoms with Crippen molar-refractivity contribution in [1.82, 2.24) is 0 Å². The van der Waals surface area contributed by atoms with E-state index in [1.807, 2.05) is 31.2 Å². The summed E-state index contributed by atoms with van der Waals surface area (Å²) in [7, 11) is 0. The lowest BCUT2D eigenvalue weighted by Crippen LogP contribution is -2.09. The number of carbonyl (C=O) groups is 1. The summed E-state index contributed by atoms with van der Waals surface area (Å²) in [4.78, 5) is 11.5. The maximum Gasteiger partial charge on any atom is 0.310 e. The van der Waals surface area contributed by atoms with Crippen LogP contribution in [0.4, 0.5) is 0 Å². The van der Waals surface area contributed by atoms with E-state index in [1.165, 1.54) is 5.56 Å². The lowest BCUT2D eigenvalue weighted by atomic mass is 10.1. The third-order valence-corrected chi connectivity index (χ3v) is 3.59. The van der Waals surface area contributed by atoms with Crippen LogP contribution in [0.2, 0.25) is 0 Å². The standard InChI is InChI=1S/C19H22O3/c1-4-15-9-11-16(12-10-15)21-13-17-14(3)7-6-8-18(17)22-19(20)5-2/h6-12H,4-5,13H2,1-3H3. The van der Waals surface area contributed by atoms with Gasteiger partial charge in [0.1, 0.15) is 18.1 Å². The molecule has 0 atom stereocenters. The van der Waals surface area contributed by atoms with Gasteiger partial charge in [-0.2, -0.15) is 0 Å². The van der Waals surface area contributed by atoms with E-state index < -0.39 is 0 Å². The van der Waals surface area contributed by atoms with Crippen LogP contribution >= 0.6 is 0 Å². The van der Waals surface area contributed by atoms with Crippen LogP contribution in [0.1, 0.15) is 37.0 Å². The summed E-state index contributed by atoms with van der Waals surface area (Å²) in [5.74, 6) is 1.16. The Morgan fingerprint density at radius 3 is 2.41 bits per heavy atom. The Morgan fingerprint density at radius 2 is 1.77 bits per heavy atom. The molecule has 2 aromatic carbocycles. The molecule has 0 aliphatic carbocycles. The van der Waals surface area contributed by atoms with Crippen molar-refractivity contribution >= 4 is 5.97 Å². The number of aryl methyl sites for hydroxylation is 2. The van der Waals surface area contributed by atoms with Gasteiger partial charge in [-0.3, -0.25) is 4.79 Å². The molecule has 3 heteroatoms. The Hall–Kier alpha value is -2.29. The van der Waals surface area contributed by atoms with Gasteiger partial charge < -0.3 is 9.47 Å². The molecule has 0 spiro atoms. The fourth-order valence-corrected chi connectivity index (χ4v) is 2.13. The Bertz CT molecular complexity index is 630. The maximum absolute atomic E-state index is 11.5. The van der Waals surface area contributed by atoms with Crippen molar-refractivity contribution in [1.29, 1.82) is 0 Å². The smallest absolute Gasteiger partial charge is 0.310 e. The van der Waals surface area contributed by atoms with Gasteiger partial charge in [-0.1, -0.05) is 38.1 Å². The fourth-order valence-electron chi connectivity index (χ4n) is 2.13. The third-order valence-electron chi connectivity index (χ3n) is 3.59. The second kappa shape index (κ2) is 7.64. The Balaban J connectivity index is 2.12. The molecule has 0 unspecified atom stereocenters. The molecule has 0 saturated heterocycles. The van der Waals surface area contributed by atoms with Crippen LogP contribution in [0.3, 0.4) is 0 Å². The second-order valence-electron chi connectivity index (χ2n) is 5.17. The molecule has 0 N–H and O–H groups in total. The number of ether oxygens (including phenoxy) is 2. The topological polar surface area (TPSA) is 35.5 Å². The summed E-state index contributed by atoms with van der Waals surface area (Å²) >= 11 is 0. The number of esters is 1. The number of rotatable bonds is 6. The first-order valence-electron chi connectivity index (χ1n) is 7.65. The highest BCUT2D eigenvalue weighted by molar-refractivity contribution is 5.72. The predicted octanol–water partition coefficient (Wildman–Crippen LogP) is 4.45. The largest absolute Gasteiger partial charge is 0.489 e. The summed E-state index contributed by atoms with van der Waals surface area (Å²) in [6.07, 6.45) is 1.36. The molecule has 0 radical (unpaired) electrons. The molecule has 0 aliphatic rings. The molecule has 22 heavy (non-hydrogen) atoms. The minimum absolute atomic E-state index is 0.237. The molecule has 0 fully saturated rings. The van der Waals surface area contributed by atoms with Crippen LogP contribution in [0.5, 0.6) is 11.5 Å².